The Bertz CT molecular complexity index is 256. The Morgan fingerprint density at radius 2 is 1.65 bits per heavy atom. The van der Waals surface area contributed by atoms with Crippen molar-refractivity contribution in [3.63, 3.8) is 0 Å². The van der Waals surface area contributed by atoms with Crippen LogP contribution in [0.5, 0.6) is 0 Å². The summed E-state index contributed by atoms with van der Waals surface area (Å²) in [6.07, 6.45) is 6.52. The highest BCUT2D eigenvalue weighted by atomic mass is 16.2. The summed E-state index contributed by atoms with van der Waals surface area (Å²) in [6, 6.07) is 0. The van der Waals surface area contributed by atoms with Gasteiger partial charge < -0.3 is 5.32 Å². The zero-order valence-corrected chi connectivity index (χ0v) is 10.4. The summed E-state index contributed by atoms with van der Waals surface area (Å²) in [7, 11) is 0. The first kappa shape index (κ1) is 14.0. The number of carbonyl (C=O) groups is 2. The summed E-state index contributed by atoms with van der Waals surface area (Å²) < 4.78 is 0. The molecule has 0 unspecified atom stereocenters. The van der Waals surface area contributed by atoms with E-state index < -0.39 is 0 Å². The van der Waals surface area contributed by atoms with Gasteiger partial charge in [0.25, 0.3) is 0 Å². The Balaban J connectivity index is 2.33. The number of rotatable bonds is 0. The second-order valence-corrected chi connectivity index (χ2v) is 4.56. The van der Waals surface area contributed by atoms with Gasteiger partial charge in [-0.15, -0.1) is 0 Å². The lowest BCUT2D eigenvalue weighted by molar-refractivity contribution is -0.131. The van der Waals surface area contributed by atoms with E-state index in [-0.39, 0.29) is 11.8 Å². The summed E-state index contributed by atoms with van der Waals surface area (Å²) in [6.45, 7) is 1.32. The Labute approximate surface area is 103 Å². The Morgan fingerprint density at radius 1 is 0.941 bits per heavy atom. The molecule has 98 valence electrons. The molecular weight excluding hydrogens is 218 g/mol. The van der Waals surface area contributed by atoms with Crippen LogP contribution in [0.4, 0.5) is 0 Å². The topological polar surface area (TPSA) is 75.4 Å². The van der Waals surface area contributed by atoms with Crippen molar-refractivity contribution in [3.8, 4) is 0 Å². The lowest BCUT2D eigenvalue weighted by atomic mass is 10.1. The van der Waals surface area contributed by atoms with Crippen LogP contribution in [0.25, 0.3) is 0 Å². The largest absolute Gasteiger partial charge is 0.356 e. The van der Waals surface area contributed by atoms with Crippen LogP contribution in [0.2, 0.25) is 0 Å². The van der Waals surface area contributed by atoms with E-state index in [2.05, 4.69) is 5.32 Å². The molecule has 1 heterocycles. The molecule has 2 amide bonds. The monoisotopic (exact) mass is 241 g/mol. The van der Waals surface area contributed by atoms with E-state index >= 15 is 0 Å². The number of hydrogen-bond acceptors (Lipinski definition) is 3. The number of carbonyl (C=O) groups excluding carboxylic acids is 2. The third kappa shape index (κ3) is 6.26. The maximum absolute atomic E-state index is 11.6. The van der Waals surface area contributed by atoms with Crippen LogP contribution in [-0.2, 0) is 9.59 Å². The van der Waals surface area contributed by atoms with Gasteiger partial charge in [0.15, 0.2) is 0 Å². The van der Waals surface area contributed by atoms with E-state index in [1.165, 1.54) is 5.01 Å². The summed E-state index contributed by atoms with van der Waals surface area (Å²) in [5.41, 5.74) is 0. The molecule has 1 fully saturated rings. The van der Waals surface area contributed by atoms with Crippen molar-refractivity contribution < 1.29 is 9.59 Å². The predicted molar refractivity (Wildman–Crippen MR) is 65.8 cm³/mol. The fourth-order valence-corrected chi connectivity index (χ4v) is 1.91. The van der Waals surface area contributed by atoms with Gasteiger partial charge in [0, 0.05) is 25.9 Å². The van der Waals surface area contributed by atoms with Crippen molar-refractivity contribution in [1.82, 2.24) is 10.3 Å². The molecular formula is C12H23N3O2. The van der Waals surface area contributed by atoms with Crippen molar-refractivity contribution in [2.75, 3.05) is 13.1 Å². The minimum absolute atomic E-state index is 0.0334. The standard InChI is InChI=1S/C12H23N3O2/c13-15-10-6-2-3-7-11(16)14-9-5-1-4-8-12(15)17/h1-10,13H2,(H,14,16). The van der Waals surface area contributed by atoms with E-state index in [1.54, 1.807) is 0 Å². The minimum Gasteiger partial charge on any atom is -0.356 e. The highest BCUT2D eigenvalue weighted by molar-refractivity contribution is 5.76. The number of nitrogens with two attached hydrogens (primary N) is 1. The molecule has 17 heavy (non-hydrogen) atoms. The molecule has 1 rings (SSSR count). The molecule has 1 aliphatic heterocycles. The Kier molecular flexibility index (Phi) is 6.62. The third-order valence-corrected chi connectivity index (χ3v) is 3.01. The highest BCUT2D eigenvalue weighted by Crippen LogP contribution is 2.05. The van der Waals surface area contributed by atoms with Gasteiger partial charge >= 0.3 is 0 Å². The summed E-state index contributed by atoms with van der Waals surface area (Å²) >= 11 is 0. The van der Waals surface area contributed by atoms with Crippen molar-refractivity contribution in [2.45, 2.75) is 51.4 Å². The number of nitrogens with one attached hydrogen (secondary N) is 1. The molecule has 0 radical (unpaired) electrons. The molecule has 0 aliphatic carbocycles. The van der Waals surface area contributed by atoms with Gasteiger partial charge in [-0.3, -0.25) is 14.6 Å². The first-order valence-corrected chi connectivity index (χ1v) is 6.52. The molecule has 0 spiro atoms. The molecule has 1 aliphatic rings. The van der Waals surface area contributed by atoms with Gasteiger partial charge in [-0.05, 0) is 25.7 Å². The van der Waals surface area contributed by atoms with E-state index in [0.717, 1.165) is 45.1 Å². The van der Waals surface area contributed by atoms with E-state index in [0.29, 0.717) is 19.4 Å². The average Bonchev–Trinajstić information content (AvgIpc) is 2.31. The molecule has 1 saturated heterocycles. The van der Waals surface area contributed by atoms with Crippen LogP contribution in [0.3, 0.4) is 0 Å². The summed E-state index contributed by atoms with van der Waals surface area (Å²) in [4.78, 5) is 22.9. The van der Waals surface area contributed by atoms with Crippen LogP contribution in [0, 0.1) is 0 Å². The zero-order valence-electron chi connectivity index (χ0n) is 10.4. The minimum atomic E-state index is 0.0334. The maximum Gasteiger partial charge on any atom is 0.236 e. The Hall–Kier alpha value is -1.10. The molecule has 0 saturated carbocycles. The zero-order chi connectivity index (χ0) is 12.5. The summed E-state index contributed by atoms with van der Waals surface area (Å²) in [5.74, 6) is 5.83. The van der Waals surface area contributed by atoms with Gasteiger partial charge in [0.2, 0.25) is 11.8 Å². The average molecular weight is 241 g/mol. The molecule has 0 aromatic heterocycles. The van der Waals surface area contributed by atoms with Gasteiger partial charge in [-0.1, -0.05) is 12.8 Å². The molecule has 5 heteroatoms. The van der Waals surface area contributed by atoms with Crippen LogP contribution in [0.1, 0.15) is 51.4 Å². The summed E-state index contributed by atoms with van der Waals surface area (Å²) in [5, 5.41) is 4.22. The molecule has 0 aromatic carbocycles. The van der Waals surface area contributed by atoms with Crippen LogP contribution >= 0.6 is 0 Å². The van der Waals surface area contributed by atoms with Gasteiger partial charge in [0.05, 0.1) is 0 Å². The van der Waals surface area contributed by atoms with E-state index in [4.69, 9.17) is 5.84 Å². The van der Waals surface area contributed by atoms with E-state index in [1.807, 2.05) is 0 Å². The van der Waals surface area contributed by atoms with Crippen LogP contribution in [-0.4, -0.2) is 29.9 Å². The van der Waals surface area contributed by atoms with E-state index in [9.17, 15) is 9.59 Å². The fraction of sp³-hybridized carbons (Fsp3) is 0.833. The molecule has 0 atom stereocenters. The van der Waals surface area contributed by atoms with Gasteiger partial charge in [-0.25, -0.2) is 5.84 Å². The molecule has 3 N–H and O–H groups in total. The number of hydrazine groups is 1. The normalized spacial score (nSPS) is 21.8. The number of nitrogens with zero attached hydrogens (tertiary/aromatic N) is 1. The van der Waals surface area contributed by atoms with Crippen molar-refractivity contribution in [1.29, 1.82) is 0 Å². The SMILES string of the molecule is NN1CCCCCC(=O)NCCCCCC1=O. The van der Waals surface area contributed by atoms with Gasteiger partial charge in [0.1, 0.15) is 0 Å². The van der Waals surface area contributed by atoms with Gasteiger partial charge in [-0.2, -0.15) is 0 Å². The number of amides is 2. The number of hydrogen-bond donors (Lipinski definition) is 2. The first-order chi connectivity index (χ1) is 8.20. The maximum atomic E-state index is 11.6. The fourth-order valence-electron chi connectivity index (χ4n) is 1.91. The third-order valence-electron chi connectivity index (χ3n) is 3.01. The van der Waals surface area contributed by atoms with Crippen molar-refractivity contribution >= 4 is 11.8 Å². The van der Waals surface area contributed by atoms with Crippen molar-refractivity contribution in [3.05, 3.63) is 0 Å². The second kappa shape index (κ2) is 8.06. The Morgan fingerprint density at radius 3 is 2.47 bits per heavy atom. The van der Waals surface area contributed by atoms with Crippen LogP contribution in [0.15, 0.2) is 0 Å². The molecule has 5 nitrogen and oxygen atoms in total. The lowest BCUT2D eigenvalue weighted by Gasteiger charge is -2.17. The van der Waals surface area contributed by atoms with Crippen LogP contribution < -0.4 is 11.2 Å². The predicted octanol–water partition coefficient (Wildman–Crippen LogP) is 0.939. The second-order valence-electron chi connectivity index (χ2n) is 4.56. The molecule has 0 aromatic rings. The highest BCUT2D eigenvalue weighted by Gasteiger charge is 2.09. The smallest absolute Gasteiger partial charge is 0.236 e. The quantitative estimate of drug-likeness (QED) is 0.489. The first-order valence-electron chi connectivity index (χ1n) is 6.52. The molecule has 0 bridgehead atoms. The van der Waals surface area contributed by atoms with Crippen molar-refractivity contribution in [2.24, 2.45) is 5.84 Å². The lowest BCUT2D eigenvalue weighted by Crippen LogP contribution is -2.38.